The second-order valence-electron chi connectivity index (χ2n) is 5.41. The van der Waals surface area contributed by atoms with Gasteiger partial charge in [0.15, 0.2) is 0 Å². The van der Waals surface area contributed by atoms with E-state index in [1.54, 1.807) is 4.90 Å². The zero-order valence-electron chi connectivity index (χ0n) is 11.6. The Kier molecular flexibility index (Phi) is 3.88. The maximum atomic E-state index is 12.3. The Morgan fingerprint density at radius 2 is 2.00 bits per heavy atom. The Morgan fingerprint density at radius 1 is 1.32 bits per heavy atom. The number of piperazine rings is 1. The van der Waals surface area contributed by atoms with Crippen molar-refractivity contribution in [2.24, 2.45) is 5.92 Å². The van der Waals surface area contributed by atoms with E-state index in [1.165, 1.54) is 0 Å². The first-order valence-corrected chi connectivity index (χ1v) is 6.61. The first kappa shape index (κ1) is 13.6. The SMILES string of the molecule is Cc1ccccc1CN1CC(=O)NC(C(C)C)C1=O. The van der Waals surface area contributed by atoms with Gasteiger partial charge in [0.25, 0.3) is 0 Å². The van der Waals surface area contributed by atoms with Crippen molar-refractivity contribution < 1.29 is 9.59 Å². The number of aryl methyl sites for hydroxylation is 1. The van der Waals surface area contributed by atoms with Crippen LogP contribution in [0.2, 0.25) is 0 Å². The van der Waals surface area contributed by atoms with Crippen molar-refractivity contribution >= 4 is 11.8 Å². The molecule has 0 aromatic heterocycles. The lowest BCUT2D eigenvalue weighted by Crippen LogP contribution is -2.59. The fourth-order valence-corrected chi connectivity index (χ4v) is 2.31. The highest BCUT2D eigenvalue weighted by Gasteiger charge is 2.34. The third kappa shape index (κ3) is 2.95. The van der Waals surface area contributed by atoms with Crippen LogP contribution in [0.4, 0.5) is 0 Å². The summed E-state index contributed by atoms with van der Waals surface area (Å²) in [6.45, 7) is 6.56. The molecule has 1 unspecified atom stereocenters. The molecule has 0 spiro atoms. The molecule has 1 aliphatic heterocycles. The topological polar surface area (TPSA) is 49.4 Å². The van der Waals surface area contributed by atoms with Crippen LogP contribution in [0.15, 0.2) is 24.3 Å². The number of carbonyl (C=O) groups is 2. The minimum Gasteiger partial charge on any atom is -0.343 e. The van der Waals surface area contributed by atoms with E-state index < -0.39 is 6.04 Å². The Morgan fingerprint density at radius 3 is 2.63 bits per heavy atom. The molecule has 0 bridgehead atoms. The van der Waals surface area contributed by atoms with Crippen LogP contribution in [0.1, 0.15) is 25.0 Å². The predicted octanol–water partition coefficient (Wildman–Crippen LogP) is 1.48. The number of rotatable bonds is 3. The van der Waals surface area contributed by atoms with Crippen LogP contribution < -0.4 is 5.32 Å². The largest absolute Gasteiger partial charge is 0.343 e. The molecule has 1 fully saturated rings. The smallest absolute Gasteiger partial charge is 0.246 e. The molecule has 0 saturated carbocycles. The van der Waals surface area contributed by atoms with Crippen molar-refractivity contribution in [3.63, 3.8) is 0 Å². The second-order valence-corrected chi connectivity index (χ2v) is 5.41. The highest BCUT2D eigenvalue weighted by molar-refractivity contribution is 5.94. The number of nitrogens with zero attached hydrogens (tertiary/aromatic N) is 1. The van der Waals surface area contributed by atoms with Gasteiger partial charge in [0.1, 0.15) is 6.04 Å². The van der Waals surface area contributed by atoms with Gasteiger partial charge in [-0.15, -0.1) is 0 Å². The zero-order valence-corrected chi connectivity index (χ0v) is 11.6. The average molecular weight is 260 g/mol. The van der Waals surface area contributed by atoms with E-state index >= 15 is 0 Å². The average Bonchev–Trinajstić information content (AvgIpc) is 2.35. The van der Waals surface area contributed by atoms with E-state index in [0.29, 0.717) is 6.54 Å². The van der Waals surface area contributed by atoms with Gasteiger partial charge in [-0.25, -0.2) is 0 Å². The molecular weight excluding hydrogens is 240 g/mol. The van der Waals surface area contributed by atoms with E-state index in [9.17, 15) is 9.59 Å². The molecule has 2 rings (SSSR count). The summed E-state index contributed by atoms with van der Waals surface area (Å²) in [6.07, 6.45) is 0. The van der Waals surface area contributed by atoms with Gasteiger partial charge in [0, 0.05) is 6.54 Å². The predicted molar refractivity (Wildman–Crippen MR) is 73.4 cm³/mol. The summed E-state index contributed by atoms with van der Waals surface area (Å²) in [4.78, 5) is 25.7. The van der Waals surface area contributed by atoms with Crippen molar-refractivity contribution in [2.45, 2.75) is 33.4 Å². The van der Waals surface area contributed by atoms with Crippen molar-refractivity contribution in [1.29, 1.82) is 0 Å². The van der Waals surface area contributed by atoms with Crippen LogP contribution in [0.25, 0.3) is 0 Å². The fraction of sp³-hybridized carbons (Fsp3) is 0.467. The molecule has 4 heteroatoms. The van der Waals surface area contributed by atoms with Crippen LogP contribution in [0, 0.1) is 12.8 Å². The first-order valence-electron chi connectivity index (χ1n) is 6.61. The monoisotopic (exact) mass is 260 g/mol. The quantitative estimate of drug-likeness (QED) is 0.895. The molecule has 1 aromatic rings. The standard InChI is InChI=1S/C15H20N2O2/c1-10(2)14-15(19)17(9-13(18)16-14)8-12-7-5-4-6-11(12)3/h4-7,10,14H,8-9H2,1-3H3,(H,16,18). The van der Waals surface area contributed by atoms with Gasteiger partial charge in [0.05, 0.1) is 6.54 Å². The molecule has 2 amide bonds. The van der Waals surface area contributed by atoms with Gasteiger partial charge in [-0.1, -0.05) is 38.1 Å². The van der Waals surface area contributed by atoms with Crippen LogP contribution in [-0.2, 0) is 16.1 Å². The number of hydrogen-bond donors (Lipinski definition) is 1. The van der Waals surface area contributed by atoms with Crippen LogP contribution >= 0.6 is 0 Å². The van der Waals surface area contributed by atoms with Gasteiger partial charge in [-0.05, 0) is 24.0 Å². The van der Waals surface area contributed by atoms with Gasteiger partial charge in [0.2, 0.25) is 11.8 Å². The highest BCUT2D eigenvalue weighted by Crippen LogP contribution is 2.16. The number of hydrogen-bond acceptors (Lipinski definition) is 2. The molecule has 1 aromatic carbocycles. The lowest BCUT2D eigenvalue weighted by atomic mass is 10.00. The van der Waals surface area contributed by atoms with Crippen LogP contribution in [-0.4, -0.2) is 29.3 Å². The Hall–Kier alpha value is -1.84. The molecule has 1 atom stereocenters. The maximum absolute atomic E-state index is 12.3. The lowest BCUT2D eigenvalue weighted by molar-refractivity contribution is -0.146. The van der Waals surface area contributed by atoms with Gasteiger partial charge < -0.3 is 10.2 Å². The summed E-state index contributed by atoms with van der Waals surface area (Å²) in [6, 6.07) is 7.55. The number of benzene rings is 1. The Bertz CT molecular complexity index is 497. The molecule has 1 heterocycles. The van der Waals surface area contributed by atoms with E-state index in [4.69, 9.17) is 0 Å². The highest BCUT2D eigenvalue weighted by atomic mass is 16.2. The summed E-state index contributed by atoms with van der Waals surface area (Å²) in [5, 5.41) is 2.77. The van der Waals surface area contributed by atoms with Gasteiger partial charge in [-0.2, -0.15) is 0 Å². The van der Waals surface area contributed by atoms with Crippen molar-refractivity contribution in [3.05, 3.63) is 35.4 Å². The molecule has 1 saturated heterocycles. The summed E-state index contributed by atoms with van der Waals surface area (Å²) >= 11 is 0. The molecule has 1 aliphatic rings. The zero-order chi connectivity index (χ0) is 14.0. The molecule has 102 valence electrons. The molecule has 1 N–H and O–H groups in total. The summed E-state index contributed by atoms with van der Waals surface area (Å²) in [5.74, 6) is 0.0425. The Labute approximate surface area is 113 Å². The van der Waals surface area contributed by atoms with Crippen LogP contribution in [0.5, 0.6) is 0 Å². The number of carbonyl (C=O) groups excluding carboxylic acids is 2. The maximum Gasteiger partial charge on any atom is 0.246 e. The summed E-state index contributed by atoms with van der Waals surface area (Å²) in [7, 11) is 0. The number of amides is 2. The molecule has 0 radical (unpaired) electrons. The van der Waals surface area contributed by atoms with Crippen LogP contribution in [0.3, 0.4) is 0 Å². The molecule has 19 heavy (non-hydrogen) atoms. The van der Waals surface area contributed by atoms with Gasteiger partial charge >= 0.3 is 0 Å². The fourth-order valence-electron chi connectivity index (χ4n) is 2.31. The van der Waals surface area contributed by atoms with Crippen molar-refractivity contribution in [1.82, 2.24) is 10.2 Å². The van der Waals surface area contributed by atoms with Crippen molar-refractivity contribution in [2.75, 3.05) is 6.54 Å². The molecule has 4 nitrogen and oxygen atoms in total. The third-order valence-electron chi connectivity index (χ3n) is 3.52. The molecular formula is C15H20N2O2. The summed E-state index contributed by atoms with van der Waals surface area (Å²) < 4.78 is 0. The molecule has 0 aliphatic carbocycles. The van der Waals surface area contributed by atoms with E-state index in [0.717, 1.165) is 11.1 Å². The third-order valence-corrected chi connectivity index (χ3v) is 3.52. The second kappa shape index (κ2) is 5.43. The number of nitrogens with one attached hydrogen (secondary N) is 1. The van der Waals surface area contributed by atoms with Crippen molar-refractivity contribution in [3.8, 4) is 0 Å². The van der Waals surface area contributed by atoms with E-state index in [-0.39, 0.29) is 24.3 Å². The minimum absolute atomic E-state index is 0.0119. The van der Waals surface area contributed by atoms with E-state index in [2.05, 4.69) is 5.32 Å². The Balaban J connectivity index is 2.17. The van der Waals surface area contributed by atoms with Gasteiger partial charge in [-0.3, -0.25) is 9.59 Å². The first-order chi connectivity index (χ1) is 8.99. The lowest BCUT2D eigenvalue weighted by Gasteiger charge is -2.34. The summed E-state index contributed by atoms with van der Waals surface area (Å²) in [5.41, 5.74) is 2.23. The van der Waals surface area contributed by atoms with E-state index in [1.807, 2.05) is 45.0 Å². The normalized spacial score (nSPS) is 19.8. The minimum atomic E-state index is -0.398.